The van der Waals surface area contributed by atoms with Crippen LogP contribution < -0.4 is 0 Å². The van der Waals surface area contributed by atoms with Crippen LogP contribution in [0.2, 0.25) is 0 Å². The molecule has 0 spiro atoms. The zero-order chi connectivity index (χ0) is 17.6. The number of rotatable bonds is 19. The Morgan fingerprint density at radius 3 is 1.58 bits per heavy atom. The van der Waals surface area contributed by atoms with Crippen molar-refractivity contribution in [3.63, 3.8) is 0 Å². The predicted octanol–water partition coefficient (Wildman–Crippen LogP) is 9.03. The number of hydrogen-bond acceptors (Lipinski definition) is 0. The minimum atomic E-state index is 0.0674. The predicted molar refractivity (Wildman–Crippen MR) is 123 cm³/mol. The molecule has 0 aliphatic heterocycles. The van der Waals surface area contributed by atoms with E-state index in [4.69, 9.17) is 0 Å². The molecule has 0 aromatic rings. The van der Waals surface area contributed by atoms with Crippen molar-refractivity contribution in [1.29, 1.82) is 0 Å². The van der Waals surface area contributed by atoms with Gasteiger partial charge in [0, 0.05) is 0 Å². The van der Waals surface area contributed by atoms with Crippen LogP contribution in [-0.2, 0) is 0 Å². The van der Waals surface area contributed by atoms with Gasteiger partial charge >= 0.3 is 157 Å². The molecule has 0 aromatic heterocycles. The van der Waals surface area contributed by atoms with Crippen molar-refractivity contribution in [3.8, 4) is 0 Å². The van der Waals surface area contributed by atoms with Crippen molar-refractivity contribution in [3.05, 3.63) is 23.8 Å². The van der Waals surface area contributed by atoms with Gasteiger partial charge in [0.05, 0.1) is 0 Å². The van der Waals surface area contributed by atoms with Crippen molar-refractivity contribution >= 4 is 16.5 Å². The van der Waals surface area contributed by atoms with E-state index < -0.39 is 0 Å². The van der Waals surface area contributed by atoms with E-state index in [1.54, 1.807) is 0 Å². The van der Waals surface area contributed by atoms with E-state index in [1.165, 1.54) is 103 Å². The fraction of sp³-hybridized carbons (Fsp3) is 0.818. The molecule has 0 fully saturated rings. The zero-order valence-corrected chi connectivity index (χ0v) is 19.2. The van der Waals surface area contributed by atoms with Crippen molar-refractivity contribution in [2.45, 2.75) is 117 Å². The molecule has 0 bridgehead atoms. The minimum absolute atomic E-state index is 0.0674. The standard InChI is InChI=1S/C22H46P2/c1-3-5-7-9-11-13-15-17-19-21-23-24-22-20-18-16-14-12-10-8-6-4-2/h19-23H,3-18H2,1-2,24H3/b21-19+,22-20+. The quantitative estimate of drug-likeness (QED) is 0.157. The maximum absolute atomic E-state index is 2.54. The van der Waals surface area contributed by atoms with E-state index in [9.17, 15) is 0 Å². The van der Waals surface area contributed by atoms with E-state index in [2.05, 4.69) is 37.6 Å². The summed E-state index contributed by atoms with van der Waals surface area (Å²) in [7, 11) is 1.20. The molecular weight excluding hydrogens is 326 g/mol. The Balaban J connectivity index is 3.14. The fourth-order valence-corrected chi connectivity index (χ4v) is 5.77. The van der Waals surface area contributed by atoms with Gasteiger partial charge in [-0.05, 0) is 0 Å². The summed E-state index contributed by atoms with van der Waals surface area (Å²) in [6.07, 6.45) is 27.5. The van der Waals surface area contributed by atoms with Gasteiger partial charge in [-0.1, -0.05) is 0 Å². The normalized spacial score (nSPS) is 12.6. The average Bonchev–Trinajstić information content (AvgIpc) is 2.60. The van der Waals surface area contributed by atoms with Crippen LogP contribution in [0.15, 0.2) is 23.8 Å². The van der Waals surface area contributed by atoms with Gasteiger partial charge in [-0.25, -0.2) is 0 Å². The molecule has 0 radical (unpaired) electrons. The Bertz CT molecular complexity index is 243. The molecule has 1 atom stereocenters. The summed E-state index contributed by atoms with van der Waals surface area (Å²) in [5, 5.41) is 0. The van der Waals surface area contributed by atoms with E-state index >= 15 is 0 Å². The van der Waals surface area contributed by atoms with Gasteiger partial charge in [0.1, 0.15) is 0 Å². The molecule has 0 aromatic carbocycles. The molecular formula is C22H46P2. The van der Waals surface area contributed by atoms with Gasteiger partial charge in [0.25, 0.3) is 0 Å². The summed E-state index contributed by atoms with van der Waals surface area (Å²) in [4.78, 5) is 0. The second kappa shape index (κ2) is 23.3. The molecule has 0 aliphatic carbocycles. The second-order valence-corrected chi connectivity index (χ2v) is 11.2. The van der Waals surface area contributed by atoms with Crippen LogP contribution in [0.5, 0.6) is 0 Å². The first-order chi connectivity index (χ1) is 11.9. The Morgan fingerprint density at radius 1 is 0.583 bits per heavy atom. The van der Waals surface area contributed by atoms with Crippen molar-refractivity contribution in [2.24, 2.45) is 0 Å². The molecule has 1 unspecified atom stereocenters. The molecule has 0 rings (SSSR count). The number of unbranched alkanes of at least 4 members (excludes halogenated alkanes) is 14. The van der Waals surface area contributed by atoms with Crippen LogP contribution in [0.25, 0.3) is 0 Å². The topological polar surface area (TPSA) is 0 Å². The Labute approximate surface area is 157 Å². The van der Waals surface area contributed by atoms with Crippen molar-refractivity contribution < 1.29 is 0 Å². The summed E-state index contributed by atoms with van der Waals surface area (Å²) in [5.74, 6) is 5.01. The van der Waals surface area contributed by atoms with Gasteiger partial charge < -0.3 is 0 Å². The molecule has 0 amide bonds. The molecule has 0 saturated carbocycles. The molecule has 0 N–H and O–H groups in total. The van der Waals surface area contributed by atoms with Crippen molar-refractivity contribution in [2.75, 3.05) is 0 Å². The summed E-state index contributed by atoms with van der Waals surface area (Å²) < 4.78 is 0. The van der Waals surface area contributed by atoms with Crippen LogP contribution in [0.4, 0.5) is 0 Å². The van der Waals surface area contributed by atoms with Crippen LogP contribution in [0, 0.1) is 0 Å². The van der Waals surface area contributed by atoms with Crippen LogP contribution in [-0.4, -0.2) is 0 Å². The first kappa shape index (κ1) is 24.3. The summed E-state index contributed by atoms with van der Waals surface area (Å²) in [5.41, 5.74) is 0. The number of allylic oxidation sites excluding steroid dienone is 2. The van der Waals surface area contributed by atoms with E-state index in [-0.39, 0.29) is 8.27 Å². The molecule has 144 valence electrons. The van der Waals surface area contributed by atoms with E-state index in [0.29, 0.717) is 0 Å². The molecule has 2 heteroatoms. The van der Waals surface area contributed by atoms with Crippen LogP contribution in [0.3, 0.4) is 0 Å². The molecule has 24 heavy (non-hydrogen) atoms. The summed E-state index contributed by atoms with van der Waals surface area (Å²) in [6.45, 7) is 4.58. The third kappa shape index (κ3) is 22.3. The molecule has 0 aliphatic rings. The first-order valence-corrected chi connectivity index (χ1v) is 15.2. The molecule has 0 saturated heterocycles. The van der Waals surface area contributed by atoms with Crippen LogP contribution in [0.1, 0.15) is 117 Å². The van der Waals surface area contributed by atoms with Gasteiger partial charge in [-0.2, -0.15) is 0 Å². The Morgan fingerprint density at radius 2 is 1.04 bits per heavy atom. The maximum atomic E-state index is 2.54. The Kier molecular flexibility index (Phi) is 23.7. The van der Waals surface area contributed by atoms with Gasteiger partial charge in [0.2, 0.25) is 0 Å². The first-order valence-electron chi connectivity index (χ1n) is 10.9. The zero-order valence-electron chi connectivity index (χ0n) is 16.8. The third-order valence-electron chi connectivity index (χ3n) is 4.59. The van der Waals surface area contributed by atoms with E-state index in [1.807, 2.05) is 0 Å². The van der Waals surface area contributed by atoms with Gasteiger partial charge in [0.15, 0.2) is 0 Å². The van der Waals surface area contributed by atoms with Gasteiger partial charge in [-0.15, -0.1) is 0 Å². The summed E-state index contributed by atoms with van der Waals surface area (Å²) >= 11 is 0. The second-order valence-electron chi connectivity index (χ2n) is 7.10. The number of hydrogen-bond donors (Lipinski definition) is 0. The third-order valence-corrected chi connectivity index (χ3v) is 7.98. The average molecular weight is 373 g/mol. The SMILES string of the molecule is CCCCCCCCC/C=C/P[PH3]/C=C/CCCCCCCCC. The summed E-state index contributed by atoms with van der Waals surface area (Å²) in [6, 6.07) is 0. The van der Waals surface area contributed by atoms with Gasteiger partial charge in [-0.3, -0.25) is 0 Å². The van der Waals surface area contributed by atoms with Crippen LogP contribution >= 0.6 is 16.5 Å². The Hall–Kier alpha value is 0.340. The fourth-order valence-electron chi connectivity index (χ4n) is 2.94. The van der Waals surface area contributed by atoms with Crippen molar-refractivity contribution in [1.82, 2.24) is 0 Å². The molecule has 0 nitrogen and oxygen atoms in total. The monoisotopic (exact) mass is 372 g/mol. The van der Waals surface area contributed by atoms with E-state index in [0.717, 1.165) is 8.27 Å². The molecule has 0 heterocycles.